The van der Waals surface area contributed by atoms with Crippen molar-refractivity contribution in [3.8, 4) is 0 Å². The van der Waals surface area contributed by atoms with Crippen LogP contribution in [0.4, 0.5) is 5.69 Å². The predicted molar refractivity (Wildman–Crippen MR) is 90.3 cm³/mol. The summed E-state index contributed by atoms with van der Waals surface area (Å²) in [4.78, 5) is 11.6. The highest BCUT2D eigenvalue weighted by Crippen LogP contribution is 2.37. The molecule has 0 fully saturated rings. The Morgan fingerprint density at radius 3 is 2.72 bits per heavy atom. The van der Waals surface area contributed by atoms with Gasteiger partial charge in [-0.05, 0) is 31.9 Å². The molecule has 0 bridgehead atoms. The molecule has 2 heterocycles. The number of benzene rings is 1. The van der Waals surface area contributed by atoms with Crippen LogP contribution in [-0.4, -0.2) is 42.9 Å². The molecule has 9 heteroatoms. The molecule has 1 aromatic carbocycles. The molecule has 3 rings (SSSR count). The van der Waals surface area contributed by atoms with Crippen molar-refractivity contribution in [2.45, 2.75) is 31.9 Å². The molecule has 0 radical (unpaired) electrons. The average Bonchev–Trinajstić information content (AvgIpc) is 3.09. The molecule has 0 spiro atoms. The van der Waals surface area contributed by atoms with E-state index >= 15 is 0 Å². The van der Waals surface area contributed by atoms with Gasteiger partial charge in [0, 0.05) is 13.7 Å². The Kier molecular flexibility index (Phi) is 4.29. The Morgan fingerprint density at radius 1 is 1.36 bits per heavy atom. The number of methoxy groups -OCH3 is 1. The number of sulfonamides is 1. The number of rotatable bonds is 5. The van der Waals surface area contributed by atoms with Gasteiger partial charge in [0.05, 0.1) is 22.6 Å². The van der Waals surface area contributed by atoms with Crippen molar-refractivity contribution in [2.24, 2.45) is 0 Å². The number of hydrogen-bond donors (Lipinski definition) is 1. The van der Waals surface area contributed by atoms with E-state index in [2.05, 4.69) is 5.10 Å². The second-order valence-electron chi connectivity index (χ2n) is 5.86. The van der Waals surface area contributed by atoms with Crippen LogP contribution >= 0.6 is 0 Å². The van der Waals surface area contributed by atoms with Crippen LogP contribution in [-0.2, 0) is 27.9 Å². The molecule has 25 heavy (non-hydrogen) atoms. The quantitative estimate of drug-likeness (QED) is 0.863. The van der Waals surface area contributed by atoms with Crippen LogP contribution in [0.1, 0.15) is 27.3 Å². The fourth-order valence-electron chi connectivity index (χ4n) is 3.25. The van der Waals surface area contributed by atoms with Crippen LogP contribution in [0.15, 0.2) is 23.1 Å². The number of hydrogen-bond acceptors (Lipinski definition) is 5. The van der Waals surface area contributed by atoms with E-state index < -0.39 is 16.0 Å². The second kappa shape index (κ2) is 6.16. The number of nitrogens with zero attached hydrogens (tertiary/aromatic N) is 3. The molecule has 0 saturated carbocycles. The predicted octanol–water partition coefficient (Wildman–Crippen LogP) is 1.55. The lowest BCUT2D eigenvalue weighted by Gasteiger charge is -2.21. The summed E-state index contributed by atoms with van der Waals surface area (Å²) in [5.41, 5.74) is 1.76. The maximum Gasteiger partial charge on any atom is 0.337 e. The van der Waals surface area contributed by atoms with Crippen LogP contribution in [0.25, 0.3) is 0 Å². The third-order valence-electron chi connectivity index (χ3n) is 4.30. The maximum atomic E-state index is 13.3. The van der Waals surface area contributed by atoms with E-state index in [1.54, 1.807) is 26.0 Å². The number of carboxylic acid groups (broad SMARTS) is 1. The van der Waals surface area contributed by atoms with Gasteiger partial charge in [0.15, 0.2) is 0 Å². The molecule has 0 unspecified atom stereocenters. The molecule has 8 nitrogen and oxygen atoms in total. The summed E-state index contributed by atoms with van der Waals surface area (Å²) in [5, 5.41) is 13.7. The molecule has 0 saturated heterocycles. The smallest absolute Gasteiger partial charge is 0.337 e. The number of ether oxygens (including phenoxy) is 1. The van der Waals surface area contributed by atoms with Crippen molar-refractivity contribution < 1.29 is 23.1 Å². The molecular weight excluding hydrogens is 346 g/mol. The topological polar surface area (TPSA) is 102 Å². The van der Waals surface area contributed by atoms with Gasteiger partial charge in [0.25, 0.3) is 10.0 Å². The van der Waals surface area contributed by atoms with E-state index in [-0.39, 0.29) is 29.4 Å². The zero-order valence-corrected chi connectivity index (χ0v) is 15.0. The zero-order valence-electron chi connectivity index (χ0n) is 14.2. The summed E-state index contributed by atoms with van der Waals surface area (Å²) < 4.78 is 34.2. The van der Waals surface area contributed by atoms with Gasteiger partial charge in [-0.15, -0.1) is 0 Å². The number of carbonyl (C=O) groups is 1. The van der Waals surface area contributed by atoms with E-state index in [0.29, 0.717) is 23.4 Å². The molecule has 0 aliphatic carbocycles. The first-order chi connectivity index (χ1) is 11.8. The SMILES string of the molecule is COCn1nc(C)c(S(=O)(=O)N2CCc3cccc(C(=O)O)c32)c1C. The molecule has 0 amide bonds. The number of carboxylic acids is 1. The van der Waals surface area contributed by atoms with Crippen LogP contribution in [0.3, 0.4) is 0 Å². The highest BCUT2D eigenvalue weighted by molar-refractivity contribution is 7.93. The summed E-state index contributed by atoms with van der Waals surface area (Å²) in [6, 6.07) is 4.81. The molecular formula is C16H19N3O5S. The first-order valence-corrected chi connectivity index (χ1v) is 9.14. The Balaban J connectivity index is 2.16. The van der Waals surface area contributed by atoms with Crippen molar-refractivity contribution in [3.05, 3.63) is 40.7 Å². The first kappa shape index (κ1) is 17.4. The van der Waals surface area contributed by atoms with Gasteiger partial charge in [-0.25, -0.2) is 17.9 Å². The summed E-state index contributed by atoms with van der Waals surface area (Å²) in [6.45, 7) is 3.62. The Hall–Kier alpha value is -2.39. The number of aryl methyl sites for hydroxylation is 1. The van der Waals surface area contributed by atoms with Gasteiger partial charge >= 0.3 is 5.97 Å². The van der Waals surface area contributed by atoms with Crippen LogP contribution < -0.4 is 4.31 Å². The van der Waals surface area contributed by atoms with Gasteiger partial charge < -0.3 is 9.84 Å². The first-order valence-electron chi connectivity index (χ1n) is 7.70. The Morgan fingerprint density at radius 2 is 2.08 bits per heavy atom. The van der Waals surface area contributed by atoms with Crippen LogP contribution in [0, 0.1) is 13.8 Å². The molecule has 2 aromatic rings. The average molecular weight is 365 g/mol. The fraction of sp³-hybridized carbons (Fsp3) is 0.375. The van der Waals surface area contributed by atoms with Crippen LogP contribution in [0.2, 0.25) is 0 Å². The lowest BCUT2D eigenvalue weighted by Crippen LogP contribution is -2.31. The molecule has 1 N–H and O–H groups in total. The minimum atomic E-state index is -3.94. The molecule has 0 atom stereocenters. The third kappa shape index (κ3) is 2.69. The summed E-state index contributed by atoms with van der Waals surface area (Å²) >= 11 is 0. The maximum absolute atomic E-state index is 13.3. The molecule has 1 aliphatic heterocycles. The van der Waals surface area contributed by atoms with Crippen molar-refractivity contribution in [2.75, 3.05) is 18.0 Å². The minimum Gasteiger partial charge on any atom is -0.478 e. The zero-order chi connectivity index (χ0) is 18.4. The molecule has 1 aromatic heterocycles. The normalized spacial score (nSPS) is 14.0. The monoisotopic (exact) mass is 365 g/mol. The van der Waals surface area contributed by atoms with E-state index in [1.165, 1.54) is 22.2 Å². The number of aromatic nitrogens is 2. The lowest BCUT2D eigenvalue weighted by atomic mass is 10.1. The largest absolute Gasteiger partial charge is 0.478 e. The molecule has 1 aliphatic rings. The summed E-state index contributed by atoms with van der Waals surface area (Å²) in [7, 11) is -2.44. The van der Waals surface area contributed by atoms with E-state index in [0.717, 1.165) is 0 Å². The van der Waals surface area contributed by atoms with E-state index in [4.69, 9.17) is 4.74 Å². The standard InChI is InChI=1S/C16H19N3O5S/c1-10-15(11(2)18(17-10)9-24-3)25(22,23)19-8-7-12-5-4-6-13(14(12)19)16(20)21/h4-6H,7-9H2,1-3H3,(H,20,21). The molecule has 134 valence electrons. The number of fused-ring (bicyclic) bond motifs is 1. The number of aromatic carboxylic acids is 1. The van der Waals surface area contributed by atoms with Crippen molar-refractivity contribution >= 4 is 21.7 Å². The minimum absolute atomic E-state index is 0.0156. The van der Waals surface area contributed by atoms with Gasteiger partial charge in [-0.1, -0.05) is 12.1 Å². The lowest BCUT2D eigenvalue weighted by molar-refractivity contribution is 0.0698. The van der Waals surface area contributed by atoms with Crippen molar-refractivity contribution in [1.82, 2.24) is 9.78 Å². The third-order valence-corrected chi connectivity index (χ3v) is 6.35. The van der Waals surface area contributed by atoms with Crippen molar-refractivity contribution in [1.29, 1.82) is 0 Å². The Bertz CT molecular complexity index is 949. The fourth-order valence-corrected chi connectivity index (χ4v) is 5.15. The van der Waals surface area contributed by atoms with Gasteiger partial charge in [0.1, 0.15) is 11.6 Å². The van der Waals surface area contributed by atoms with E-state index in [9.17, 15) is 18.3 Å². The van der Waals surface area contributed by atoms with E-state index in [1.807, 2.05) is 0 Å². The number of para-hydroxylation sites is 1. The van der Waals surface area contributed by atoms with Gasteiger partial charge in [-0.2, -0.15) is 5.10 Å². The highest BCUT2D eigenvalue weighted by atomic mass is 32.2. The van der Waals surface area contributed by atoms with Gasteiger partial charge in [-0.3, -0.25) is 4.31 Å². The second-order valence-corrected chi connectivity index (χ2v) is 7.66. The summed E-state index contributed by atoms with van der Waals surface area (Å²) in [6.07, 6.45) is 0.472. The summed E-state index contributed by atoms with van der Waals surface area (Å²) in [5.74, 6) is -1.15. The number of anilines is 1. The highest BCUT2D eigenvalue weighted by Gasteiger charge is 2.37. The Labute approximate surface area is 145 Å². The van der Waals surface area contributed by atoms with Gasteiger partial charge in [0.2, 0.25) is 0 Å². The van der Waals surface area contributed by atoms with Crippen molar-refractivity contribution in [3.63, 3.8) is 0 Å². The van der Waals surface area contributed by atoms with Crippen LogP contribution in [0.5, 0.6) is 0 Å².